The number of nitrogens with one attached hydrogen (secondary N) is 1. The maximum absolute atomic E-state index is 16.0. The lowest BCUT2D eigenvalue weighted by atomic mass is 9.90. The van der Waals surface area contributed by atoms with Crippen LogP contribution in [-0.4, -0.2) is 51.4 Å². The summed E-state index contributed by atoms with van der Waals surface area (Å²) in [5.74, 6) is -1.27. The van der Waals surface area contributed by atoms with Gasteiger partial charge < -0.3 is 14.8 Å². The van der Waals surface area contributed by atoms with E-state index >= 15 is 4.39 Å². The number of fused-ring (bicyclic) bond motifs is 3. The van der Waals surface area contributed by atoms with Crippen molar-refractivity contribution in [3.05, 3.63) is 70.5 Å². The van der Waals surface area contributed by atoms with E-state index in [-0.39, 0.29) is 30.6 Å². The largest absolute Gasteiger partial charge is 0.490 e. The Kier molecular flexibility index (Phi) is 6.98. The summed E-state index contributed by atoms with van der Waals surface area (Å²) in [6.45, 7) is 6.12. The van der Waals surface area contributed by atoms with Crippen LogP contribution < -0.4 is 10.1 Å². The monoisotopic (exact) mass is 584 g/mol. The molecule has 10 heteroatoms. The number of hydrogen-bond acceptors (Lipinski definition) is 6. The van der Waals surface area contributed by atoms with Gasteiger partial charge in [-0.15, -0.1) is 0 Å². The molecule has 2 aromatic carbocycles. The molecule has 0 saturated carbocycles. The molecule has 2 aliphatic rings. The fourth-order valence-electron chi connectivity index (χ4n) is 6.54. The normalized spacial score (nSPS) is 16.1. The predicted octanol–water partition coefficient (Wildman–Crippen LogP) is 5.93. The summed E-state index contributed by atoms with van der Waals surface area (Å²) < 4.78 is 45.5. The zero-order valence-corrected chi connectivity index (χ0v) is 24.8. The van der Waals surface area contributed by atoms with Gasteiger partial charge in [0.05, 0.1) is 41.3 Å². The second-order valence-electron chi connectivity index (χ2n) is 11.4. The van der Waals surface area contributed by atoms with Crippen molar-refractivity contribution in [1.82, 2.24) is 29.9 Å². The number of rotatable bonds is 7. The van der Waals surface area contributed by atoms with Crippen molar-refractivity contribution in [1.29, 1.82) is 0 Å². The zero-order chi connectivity index (χ0) is 29.8. The third-order valence-corrected chi connectivity index (χ3v) is 8.76. The van der Waals surface area contributed by atoms with Crippen molar-refractivity contribution in [3.8, 4) is 39.5 Å². The SMILES string of the molecule is COCCOc1cc(F)cc(F)c1-c1c(-c2cc3n(n2)CCNC3C)nc(-c2ccc3c(C)n(C)nc3c2)c2c1CCC2. The Morgan fingerprint density at radius 1 is 1.00 bits per heavy atom. The fourth-order valence-corrected chi connectivity index (χ4v) is 6.54. The van der Waals surface area contributed by atoms with Crippen LogP contribution in [0, 0.1) is 18.6 Å². The van der Waals surface area contributed by atoms with Gasteiger partial charge in [-0.05, 0) is 56.4 Å². The van der Waals surface area contributed by atoms with Crippen LogP contribution in [0.4, 0.5) is 8.78 Å². The number of ether oxygens (including phenoxy) is 2. The molecule has 0 fully saturated rings. The van der Waals surface area contributed by atoms with Crippen LogP contribution in [0.2, 0.25) is 0 Å². The summed E-state index contributed by atoms with van der Waals surface area (Å²) in [4.78, 5) is 5.30. The standard InChI is InChI=1S/C33H34F2N6O2/c1-18-28-17-27(39-41(28)11-10-36-18)33-30(31-25(35)15-21(34)16-29(31)43-13-12-42-4)23-6-5-7-24(23)32(37-33)20-8-9-22-19(2)40(3)38-26(22)14-20/h8-9,14-18,36H,5-7,10-13H2,1-4H3. The molecule has 43 heavy (non-hydrogen) atoms. The lowest BCUT2D eigenvalue weighted by molar-refractivity contribution is 0.146. The highest BCUT2D eigenvalue weighted by atomic mass is 19.1. The van der Waals surface area contributed by atoms with E-state index in [1.54, 1.807) is 7.11 Å². The average Bonchev–Trinajstić information content (AvgIpc) is 3.71. The summed E-state index contributed by atoms with van der Waals surface area (Å²) in [7, 11) is 3.50. The first kappa shape index (κ1) is 27.7. The van der Waals surface area contributed by atoms with Crippen LogP contribution in [0.5, 0.6) is 5.75 Å². The number of methoxy groups -OCH3 is 1. The average molecular weight is 585 g/mol. The van der Waals surface area contributed by atoms with Crippen molar-refractivity contribution in [2.75, 3.05) is 26.9 Å². The molecule has 7 rings (SSSR count). The smallest absolute Gasteiger partial charge is 0.137 e. The van der Waals surface area contributed by atoms with Crippen molar-refractivity contribution in [2.24, 2.45) is 7.05 Å². The zero-order valence-electron chi connectivity index (χ0n) is 24.8. The van der Waals surface area contributed by atoms with Crippen molar-refractivity contribution >= 4 is 10.9 Å². The summed E-state index contributed by atoms with van der Waals surface area (Å²) in [6.07, 6.45) is 2.43. The highest BCUT2D eigenvalue weighted by Gasteiger charge is 2.31. The van der Waals surface area contributed by atoms with Crippen LogP contribution in [-0.2, 0) is 31.2 Å². The number of hydrogen-bond donors (Lipinski definition) is 1. The molecular weight excluding hydrogens is 550 g/mol. The molecule has 0 bridgehead atoms. The Bertz CT molecular complexity index is 1880. The first-order valence-electron chi connectivity index (χ1n) is 14.8. The first-order valence-corrected chi connectivity index (χ1v) is 14.8. The number of halogens is 2. The molecular formula is C33H34F2N6O2. The minimum atomic E-state index is -0.701. The van der Waals surface area contributed by atoms with Crippen LogP contribution in [0.25, 0.3) is 44.7 Å². The minimum Gasteiger partial charge on any atom is -0.490 e. The first-order chi connectivity index (χ1) is 20.8. The molecule has 1 aliphatic heterocycles. The van der Waals surface area contributed by atoms with E-state index in [9.17, 15) is 4.39 Å². The highest BCUT2D eigenvalue weighted by molar-refractivity contribution is 5.91. The van der Waals surface area contributed by atoms with Crippen molar-refractivity contribution in [3.63, 3.8) is 0 Å². The topological polar surface area (TPSA) is 79.0 Å². The van der Waals surface area contributed by atoms with E-state index in [1.807, 2.05) is 22.5 Å². The van der Waals surface area contributed by atoms with Gasteiger partial charge >= 0.3 is 0 Å². The molecule has 3 aromatic heterocycles. The summed E-state index contributed by atoms with van der Waals surface area (Å²) in [5.41, 5.74) is 8.92. The maximum Gasteiger partial charge on any atom is 0.137 e. The molecule has 4 heterocycles. The van der Waals surface area contributed by atoms with E-state index in [2.05, 4.69) is 37.4 Å². The molecule has 0 saturated heterocycles. The van der Waals surface area contributed by atoms with Gasteiger partial charge in [0, 0.05) is 61.1 Å². The molecule has 0 radical (unpaired) electrons. The second kappa shape index (κ2) is 10.8. The van der Waals surface area contributed by atoms with Crippen molar-refractivity contribution in [2.45, 2.75) is 45.7 Å². The van der Waals surface area contributed by atoms with Crippen LogP contribution in [0.3, 0.4) is 0 Å². The Morgan fingerprint density at radius 3 is 2.65 bits per heavy atom. The lowest BCUT2D eigenvalue weighted by Crippen LogP contribution is -2.31. The van der Waals surface area contributed by atoms with Gasteiger partial charge in [0.15, 0.2) is 0 Å². The third-order valence-electron chi connectivity index (χ3n) is 8.76. The lowest BCUT2D eigenvalue weighted by Gasteiger charge is -2.21. The Labute approximate surface area is 248 Å². The fraction of sp³-hybridized carbons (Fsp3) is 0.364. The van der Waals surface area contributed by atoms with Gasteiger partial charge in [-0.3, -0.25) is 9.36 Å². The van der Waals surface area contributed by atoms with Gasteiger partial charge in [0.1, 0.15) is 29.7 Å². The van der Waals surface area contributed by atoms with Gasteiger partial charge in [0.2, 0.25) is 0 Å². The quantitative estimate of drug-likeness (QED) is 0.239. The number of aryl methyl sites for hydroxylation is 2. The summed E-state index contributed by atoms with van der Waals surface area (Å²) >= 11 is 0. The Balaban J connectivity index is 1.51. The van der Waals surface area contributed by atoms with E-state index in [1.165, 1.54) is 6.07 Å². The number of pyridine rings is 1. The molecule has 1 atom stereocenters. The molecule has 1 unspecified atom stereocenters. The Hall–Kier alpha value is -4.15. The van der Waals surface area contributed by atoms with E-state index in [0.717, 1.165) is 83.1 Å². The second-order valence-corrected chi connectivity index (χ2v) is 11.4. The molecule has 222 valence electrons. The Morgan fingerprint density at radius 2 is 1.84 bits per heavy atom. The van der Waals surface area contributed by atoms with Crippen LogP contribution in [0.15, 0.2) is 36.4 Å². The van der Waals surface area contributed by atoms with E-state index in [0.29, 0.717) is 17.0 Å². The van der Waals surface area contributed by atoms with Gasteiger partial charge in [0.25, 0.3) is 0 Å². The summed E-state index contributed by atoms with van der Waals surface area (Å²) in [5, 5.41) is 14.3. The molecule has 0 spiro atoms. The highest BCUT2D eigenvalue weighted by Crippen LogP contribution is 2.47. The van der Waals surface area contributed by atoms with E-state index < -0.39 is 11.6 Å². The minimum absolute atomic E-state index is 0.109. The van der Waals surface area contributed by atoms with E-state index in [4.69, 9.17) is 24.7 Å². The molecule has 1 N–H and O–H groups in total. The third kappa shape index (κ3) is 4.69. The number of nitrogens with zero attached hydrogens (tertiary/aromatic N) is 5. The predicted molar refractivity (Wildman–Crippen MR) is 161 cm³/mol. The van der Waals surface area contributed by atoms with Gasteiger partial charge in [-0.1, -0.05) is 12.1 Å². The molecule has 1 aliphatic carbocycles. The summed E-state index contributed by atoms with van der Waals surface area (Å²) in [6, 6.07) is 10.6. The number of benzene rings is 2. The number of aromatic nitrogens is 5. The maximum atomic E-state index is 16.0. The molecule has 0 amide bonds. The molecule has 5 aromatic rings. The van der Waals surface area contributed by atoms with Crippen LogP contribution >= 0.6 is 0 Å². The van der Waals surface area contributed by atoms with Gasteiger partial charge in [-0.25, -0.2) is 13.8 Å². The van der Waals surface area contributed by atoms with Crippen LogP contribution in [0.1, 0.15) is 41.9 Å². The molecule has 8 nitrogen and oxygen atoms in total. The van der Waals surface area contributed by atoms with Crippen molar-refractivity contribution < 1.29 is 18.3 Å². The van der Waals surface area contributed by atoms with Gasteiger partial charge in [-0.2, -0.15) is 10.2 Å².